The number of ether oxygens (including phenoxy) is 1. The molecule has 29 heavy (non-hydrogen) atoms. The fraction of sp³-hybridized carbons (Fsp3) is 0.619. The maximum absolute atomic E-state index is 12.4. The maximum atomic E-state index is 12.4. The van der Waals surface area contributed by atoms with Gasteiger partial charge in [0.05, 0.1) is 15.9 Å². The van der Waals surface area contributed by atoms with Gasteiger partial charge in [-0.2, -0.15) is 0 Å². The highest BCUT2D eigenvalue weighted by Crippen LogP contribution is 2.49. The molecule has 2 aliphatic carbocycles. The predicted molar refractivity (Wildman–Crippen MR) is 109 cm³/mol. The number of primary sulfonamides is 1. The Morgan fingerprint density at radius 2 is 2.14 bits per heavy atom. The minimum atomic E-state index is -3.79. The van der Waals surface area contributed by atoms with Crippen LogP contribution in [0, 0.1) is 17.8 Å². The molecule has 4 rings (SSSR count). The second kappa shape index (κ2) is 8.07. The summed E-state index contributed by atoms with van der Waals surface area (Å²) in [7, 11) is -3.79. The summed E-state index contributed by atoms with van der Waals surface area (Å²) in [6.07, 6.45) is 7.46. The summed E-state index contributed by atoms with van der Waals surface area (Å²) in [6, 6.07) is 4.69. The number of sulfonamides is 1. The van der Waals surface area contributed by atoms with Crippen LogP contribution in [-0.4, -0.2) is 23.9 Å². The first-order valence-electron chi connectivity index (χ1n) is 10.5. The smallest absolute Gasteiger partial charge is 0.306 e. The Bertz CT molecular complexity index is 1010. The van der Waals surface area contributed by atoms with Crippen LogP contribution >= 0.6 is 0 Å². The van der Waals surface area contributed by atoms with Crippen molar-refractivity contribution in [3.05, 3.63) is 24.0 Å². The number of aromatic nitrogens is 2. The Balaban J connectivity index is 1.49. The molecule has 7 nitrogen and oxygen atoms in total. The third-order valence-electron chi connectivity index (χ3n) is 6.54. The topological polar surface area (TPSA) is 104 Å². The van der Waals surface area contributed by atoms with E-state index in [1.54, 1.807) is 6.07 Å². The van der Waals surface area contributed by atoms with Gasteiger partial charge in [0, 0.05) is 13.0 Å². The Hall–Kier alpha value is -1.93. The van der Waals surface area contributed by atoms with Crippen molar-refractivity contribution in [3.63, 3.8) is 0 Å². The Morgan fingerprint density at radius 3 is 2.79 bits per heavy atom. The number of unbranched alkanes of at least 4 members (excludes halogenated alkanes) is 1. The number of imidazole rings is 1. The van der Waals surface area contributed by atoms with Gasteiger partial charge in [-0.1, -0.05) is 19.8 Å². The highest BCUT2D eigenvalue weighted by Gasteiger charge is 2.40. The number of hydrogen-bond acceptors (Lipinski definition) is 5. The average molecular weight is 420 g/mol. The second-order valence-corrected chi connectivity index (χ2v) is 10.1. The third kappa shape index (κ3) is 4.33. The predicted octanol–water partition coefficient (Wildman–Crippen LogP) is 3.35. The molecule has 1 aromatic carbocycles. The van der Waals surface area contributed by atoms with E-state index in [4.69, 9.17) is 9.88 Å². The van der Waals surface area contributed by atoms with Gasteiger partial charge in [-0.3, -0.25) is 4.79 Å². The summed E-state index contributed by atoms with van der Waals surface area (Å²) in [5.74, 6) is 2.45. The maximum Gasteiger partial charge on any atom is 0.306 e. The molecule has 2 aliphatic rings. The Morgan fingerprint density at radius 1 is 1.31 bits per heavy atom. The quantitative estimate of drug-likeness (QED) is 0.661. The molecular formula is C21H29N3O4S. The summed E-state index contributed by atoms with van der Waals surface area (Å²) in [5.41, 5.74) is 1.37. The van der Waals surface area contributed by atoms with Gasteiger partial charge in [0.1, 0.15) is 12.4 Å². The van der Waals surface area contributed by atoms with Crippen LogP contribution in [0.2, 0.25) is 0 Å². The van der Waals surface area contributed by atoms with Crippen molar-refractivity contribution in [2.24, 2.45) is 22.9 Å². The minimum Gasteiger partial charge on any atom is -0.457 e. The number of hydrogen-bond donors (Lipinski definition) is 1. The number of aryl methyl sites for hydroxylation is 1. The zero-order valence-corrected chi connectivity index (χ0v) is 17.7. The van der Waals surface area contributed by atoms with E-state index in [-0.39, 0.29) is 17.5 Å². The number of carbonyl (C=O) groups is 1. The molecule has 1 aromatic heterocycles. The summed E-state index contributed by atoms with van der Waals surface area (Å²) in [6.45, 7) is 2.94. The van der Waals surface area contributed by atoms with Crippen molar-refractivity contribution in [1.29, 1.82) is 0 Å². The molecular weight excluding hydrogens is 390 g/mol. The minimum absolute atomic E-state index is 0.0324. The number of nitrogens with zero attached hydrogens (tertiary/aromatic N) is 2. The number of rotatable bonds is 8. The van der Waals surface area contributed by atoms with E-state index in [1.165, 1.54) is 31.4 Å². The van der Waals surface area contributed by atoms with Crippen LogP contribution in [0.5, 0.6) is 0 Å². The molecule has 0 spiro atoms. The average Bonchev–Trinajstić information content (AvgIpc) is 3.37. The van der Waals surface area contributed by atoms with E-state index in [9.17, 15) is 13.2 Å². The Kier molecular flexibility index (Phi) is 5.66. The van der Waals surface area contributed by atoms with Crippen molar-refractivity contribution in [1.82, 2.24) is 9.55 Å². The third-order valence-corrected chi connectivity index (χ3v) is 7.45. The molecule has 158 valence electrons. The lowest BCUT2D eigenvalue weighted by Crippen LogP contribution is -2.17. The van der Waals surface area contributed by atoms with E-state index >= 15 is 0 Å². The first kappa shape index (κ1) is 20.3. The van der Waals surface area contributed by atoms with Gasteiger partial charge in [0.2, 0.25) is 10.0 Å². The van der Waals surface area contributed by atoms with E-state index in [2.05, 4.69) is 11.9 Å². The van der Waals surface area contributed by atoms with Gasteiger partial charge in [-0.05, 0) is 61.6 Å². The van der Waals surface area contributed by atoms with E-state index in [0.717, 1.165) is 37.2 Å². The molecule has 2 saturated carbocycles. The molecule has 0 amide bonds. The lowest BCUT2D eigenvalue weighted by Gasteiger charge is -2.20. The van der Waals surface area contributed by atoms with Gasteiger partial charge >= 0.3 is 5.97 Å². The van der Waals surface area contributed by atoms with Crippen molar-refractivity contribution in [3.8, 4) is 0 Å². The van der Waals surface area contributed by atoms with Crippen molar-refractivity contribution in [2.75, 3.05) is 0 Å². The van der Waals surface area contributed by atoms with Crippen molar-refractivity contribution in [2.45, 2.75) is 69.9 Å². The highest BCUT2D eigenvalue weighted by molar-refractivity contribution is 7.89. The summed E-state index contributed by atoms with van der Waals surface area (Å²) < 4.78 is 30.9. The van der Waals surface area contributed by atoms with E-state index < -0.39 is 10.0 Å². The first-order chi connectivity index (χ1) is 13.8. The lowest BCUT2D eigenvalue weighted by atomic mass is 9.86. The standard InChI is InChI=1S/C21H29N3O4S/c1-2-3-8-24-19-7-6-17(29(22,26)27)12-18(19)23-20(24)13-28-21(25)11-16-10-14-4-5-15(16)9-14/h6-7,12,14-16H,2-5,8-11,13H2,1H3,(H2,22,26,27)/t14-,15+,16+/m0/s1. The molecule has 0 saturated heterocycles. The van der Waals surface area contributed by atoms with Crippen LogP contribution in [0.25, 0.3) is 11.0 Å². The molecule has 1 heterocycles. The summed E-state index contributed by atoms with van der Waals surface area (Å²) in [4.78, 5) is 17.0. The summed E-state index contributed by atoms with van der Waals surface area (Å²) in [5, 5.41) is 5.24. The summed E-state index contributed by atoms with van der Waals surface area (Å²) >= 11 is 0. The number of benzene rings is 1. The molecule has 0 unspecified atom stereocenters. The number of fused-ring (bicyclic) bond motifs is 3. The highest BCUT2D eigenvalue weighted by atomic mass is 32.2. The van der Waals surface area contributed by atoms with Crippen molar-refractivity contribution >= 4 is 27.0 Å². The van der Waals surface area contributed by atoms with Crippen LogP contribution < -0.4 is 5.14 Å². The molecule has 3 atom stereocenters. The SMILES string of the molecule is CCCCn1c(COC(=O)C[C@H]2C[C@H]3CC[C@@H]2C3)nc2cc(S(N)(=O)=O)ccc21. The molecule has 2 fully saturated rings. The van der Waals surface area contributed by atoms with Gasteiger partial charge in [0.25, 0.3) is 0 Å². The van der Waals surface area contributed by atoms with Crippen LogP contribution in [0.15, 0.2) is 23.1 Å². The molecule has 2 aromatic rings. The molecule has 2 bridgehead atoms. The van der Waals surface area contributed by atoms with E-state index in [1.807, 2.05) is 4.57 Å². The monoisotopic (exact) mass is 419 g/mol. The number of nitrogens with two attached hydrogens (primary N) is 1. The van der Waals surface area contributed by atoms with Crippen LogP contribution in [0.4, 0.5) is 0 Å². The van der Waals surface area contributed by atoms with Crippen LogP contribution in [-0.2, 0) is 32.7 Å². The fourth-order valence-corrected chi connectivity index (χ4v) is 5.59. The van der Waals surface area contributed by atoms with Gasteiger partial charge in [-0.25, -0.2) is 18.5 Å². The normalized spacial score (nSPS) is 23.7. The van der Waals surface area contributed by atoms with Crippen LogP contribution in [0.1, 0.15) is 57.7 Å². The molecule has 8 heteroatoms. The molecule has 0 radical (unpaired) electrons. The van der Waals surface area contributed by atoms with Crippen LogP contribution in [0.3, 0.4) is 0 Å². The van der Waals surface area contributed by atoms with E-state index in [0.29, 0.717) is 29.6 Å². The lowest BCUT2D eigenvalue weighted by molar-refractivity contribution is -0.146. The molecule has 0 aliphatic heterocycles. The fourth-order valence-electron chi connectivity index (χ4n) is 5.06. The second-order valence-electron chi connectivity index (χ2n) is 8.53. The number of carbonyl (C=O) groups excluding carboxylic acids is 1. The molecule has 2 N–H and O–H groups in total. The zero-order chi connectivity index (χ0) is 20.6. The van der Waals surface area contributed by atoms with Crippen molar-refractivity contribution < 1.29 is 17.9 Å². The van der Waals surface area contributed by atoms with Gasteiger partial charge in [0.15, 0.2) is 0 Å². The zero-order valence-electron chi connectivity index (χ0n) is 16.8. The first-order valence-corrected chi connectivity index (χ1v) is 12.1. The Labute approximate surface area is 171 Å². The van der Waals surface area contributed by atoms with Gasteiger partial charge < -0.3 is 9.30 Å². The largest absolute Gasteiger partial charge is 0.457 e. The van der Waals surface area contributed by atoms with Gasteiger partial charge in [-0.15, -0.1) is 0 Å². The number of esters is 1.